The Morgan fingerprint density at radius 3 is 2.32 bits per heavy atom. The molecule has 2 N–H and O–H groups in total. The molecule has 2 rings (SSSR count). The van der Waals surface area contributed by atoms with Crippen LogP contribution >= 0.6 is 0 Å². The number of alkyl halides is 3. The molecule has 7 heteroatoms. The summed E-state index contributed by atoms with van der Waals surface area (Å²) >= 11 is 0. The molecule has 1 aromatic heterocycles. The van der Waals surface area contributed by atoms with Crippen LogP contribution in [0.3, 0.4) is 0 Å². The molecule has 1 heterocycles. The molecule has 0 fully saturated rings. The zero-order valence-corrected chi connectivity index (χ0v) is 14.0. The number of aromatic nitrogens is 1. The molecule has 134 valence electrons. The second-order valence-corrected chi connectivity index (χ2v) is 6.07. The molecule has 1 amide bonds. The first-order valence-electron chi connectivity index (χ1n) is 7.94. The smallest absolute Gasteiger partial charge is 0.370 e. The number of rotatable bonds is 6. The Morgan fingerprint density at radius 2 is 1.80 bits per heavy atom. The Labute approximate surface area is 144 Å². The molecule has 0 aliphatic rings. The van der Waals surface area contributed by atoms with Crippen LogP contribution in [0.5, 0.6) is 0 Å². The SMILES string of the molecule is CC(C)CCNc1ccc(NC(=O)c2ccc(C(F)(F)F)cc2)cn1. The first-order valence-corrected chi connectivity index (χ1v) is 7.94. The van der Waals surface area contributed by atoms with E-state index in [9.17, 15) is 18.0 Å². The van der Waals surface area contributed by atoms with Crippen LogP contribution in [0.1, 0.15) is 36.2 Å². The summed E-state index contributed by atoms with van der Waals surface area (Å²) < 4.78 is 37.6. The predicted molar refractivity (Wildman–Crippen MR) is 91.6 cm³/mol. The lowest BCUT2D eigenvalue weighted by Crippen LogP contribution is -2.13. The Kier molecular flexibility index (Phi) is 6.01. The summed E-state index contributed by atoms with van der Waals surface area (Å²) in [6.45, 7) is 5.08. The number of nitrogens with one attached hydrogen (secondary N) is 2. The molecular formula is C18H20F3N3O. The second kappa shape index (κ2) is 8.00. The highest BCUT2D eigenvalue weighted by Gasteiger charge is 2.30. The van der Waals surface area contributed by atoms with Gasteiger partial charge in [-0.1, -0.05) is 13.8 Å². The lowest BCUT2D eigenvalue weighted by molar-refractivity contribution is -0.137. The van der Waals surface area contributed by atoms with Crippen LogP contribution in [0.25, 0.3) is 0 Å². The van der Waals surface area contributed by atoms with E-state index in [-0.39, 0.29) is 5.56 Å². The van der Waals surface area contributed by atoms with Crippen LogP contribution in [-0.4, -0.2) is 17.4 Å². The third kappa shape index (κ3) is 5.77. The Bertz CT molecular complexity index is 695. The van der Waals surface area contributed by atoms with Gasteiger partial charge in [-0.2, -0.15) is 13.2 Å². The van der Waals surface area contributed by atoms with Crippen molar-refractivity contribution in [2.45, 2.75) is 26.4 Å². The number of hydrogen-bond donors (Lipinski definition) is 2. The lowest BCUT2D eigenvalue weighted by atomic mass is 10.1. The minimum atomic E-state index is -4.42. The van der Waals surface area contributed by atoms with E-state index < -0.39 is 17.6 Å². The molecule has 0 spiro atoms. The van der Waals surface area contributed by atoms with E-state index in [0.29, 0.717) is 17.4 Å². The third-order valence-corrected chi connectivity index (χ3v) is 3.52. The van der Waals surface area contributed by atoms with Crippen molar-refractivity contribution in [1.29, 1.82) is 0 Å². The van der Waals surface area contributed by atoms with Gasteiger partial charge < -0.3 is 10.6 Å². The van der Waals surface area contributed by atoms with E-state index in [1.54, 1.807) is 12.1 Å². The van der Waals surface area contributed by atoms with Gasteiger partial charge in [-0.15, -0.1) is 0 Å². The second-order valence-electron chi connectivity index (χ2n) is 6.07. The fourth-order valence-corrected chi connectivity index (χ4v) is 2.08. The number of carbonyl (C=O) groups excluding carboxylic acids is 1. The number of nitrogens with zero attached hydrogens (tertiary/aromatic N) is 1. The van der Waals surface area contributed by atoms with E-state index in [2.05, 4.69) is 29.5 Å². The van der Waals surface area contributed by atoms with Crippen molar-refractivity contribution < 1.29 is 18.0 Å². The number of benzene rings is 1. The fourth-order valence-electron chi connectivity index (χ4n) is 2.08. The van der Waals surface area contributed by atoms with Gasteiger partial charge in [0.15, 0.2) is 0 Å². The summed E-state index contributed by atoms with van der Waals surface area (Å²) in [6, 6.07) is 7.49. The van der Waals surface area contributed by atoms with Crippen LogP contribution < -0.4 is 10.6 Å². The highest BCUT2D eigenvalue weighted by molar-refractivity contribution is 6.04. The van der Waals surface area contributed by atoms with Gasteiger partial charge in [-0.3, -0.25) is 4.79 Å². The van der Waals surface area contributed by atoms with Crippen molar-refractivity contribution in [2.75, 3.05) is 17.2 Å². The number of halogens is 3. The van der Waals surface area contributed by atoms with Gasteiger partial charge in [0.05, 0.1) is 17.4 Å². The summed E-state index contributed by atoms with van der Waals surface area (Å²) in [4.78, 5) is 16.3. The van der Waals surface area contributed by atoms with E-state index in [1.165, 1.54) is 6.20 Å². The largest absolute Gasteiger partial charge is 0.416 e. The maximum atomic E-state index is 12.5. The average molecular weight is 351 g/mol. The van der Waals surface area contributed by atoms with Gasteiger partial charge in [0.2, 0.25) is 0 Å². The predicted octanol–water partition coefficient (Wildman–Crippen LogP) is 4.81. The molecule has 0 saturated heterocycles. The molecule has 0 saturated carbocycles. The summed E-state index contributed by atoms with van der Waals surface area (Å²) in [7, 11) is 0. The van der Waals surface area contributed by atoms with Gasteiger partial charge in [-0.25, -0.2) is 4.98 Å². The lowest BCUT2D eigenvalue weighted by Gasteiger charge is -2.10. The van der Waals surface area contributed by atoms with Gasteiger partial charge >= 0.3 is 6.18 Å². The van der Waals surface area contributed by atoms with Crippen LogP contribution in [0.2, 0.25) is 0 Å². The molecule has 0 radical (unpaired) electrons. The van der Waals surface area contributed by atoms with Crippen molar-refractivity contribution in [3.8, 4) is 0 Å². The van der Waals surface area contributed by atoms with Crippen LogP contribution in [-0.2, 0) is 6.18 Å². The zero-order valence-electron chi connectivity index (χ0n) is 14.0. The van der Waals surface area contributed by atoms with Gasteiger partial charge in [0, 0.05) is 12.1 Å². The van der Waals surface area contributed by atoms with Gasteiger partial charge in [0.1, 0.15) is 5.82 Å². The maximum absolute atomic E-state index is 12.5. The zero-order chi connectivity index (χ0) is 18.4. The number of pyridine rings is 1. The van der Waals surface area contributed by atoms with Crippen molar-refractivity contribution in [3.63, 3.8) is 0 Å². The monoisotopic (exact) mass is 351 g/mol. The topological polar surface area (TPSA) is 54.0 Å². The Balaban J connectivity index is 1.94. The van der Waals surface area contributed by atoms with Crippen molar-refractivity contribution in [2.24, 2.45) is 5.92 Å². The molecule has 25 heavy (non-hydrogen) atoms. The summed E-state index contributed by atoms with van der Waals surface area (Å²) in [5.41, 5.74) is -0.172. The van der Waals surface area contributed by atoms with E-state index in [1.807, 2.05) is 0 Å². The Morgan fingerprint density at radius 1 is 1.12 bits per heavy atom. The number of amides is 1. The molecule has 1 aromatic carbocycles. The highest BCUT2D eigenvalue weighted by atomic mass is 19.4. The maximum Gasteiger partial charge on any atom is 0.416 e. The summed E-state index contributed by atoms with van der Waals surface area (Å²) in [6.07, 6.45) is -1.90. The molecular weight excluding hydrogens is 331 g/mol. The Hall–Kier alpha value is -2.57. The molecule has 0 atom stereocenters. The number of hydrogen-bond acceptors (Lipinski definition) is 3. The summed E-state index contributed by atoms with van der Waals surface area (Å²) in [5.74, 6) is 0.805. The molecule has 2 aromatic rings. The first-order chi connectivity index (χ1) is 11.8. The van der Waals surface area contributed by atoms with Crippen molar-refractivity contribution >= 4 is 17.4 Å². The minimum absolute atomic E-state index is 0.145. The van der Waals surface area contributed by atoms with E-state index in [4.69, 9.17) is 0 Å². The van der Waals surface area contributed by atoms with E-state index >= 15 is 0 Å². The normalized spacial score (nSPS) is 11.4. The minimum Gasteiger partial charge on any atom is -0.370 e. The summed E-state index contributed by atoms with van der Waals surface area (Å²) in [5, 5.41) is 5.79. The van der Waals surface area contributed by atoms with Crippen LogP contribution in [0.4, 0.5) is 24.7 Å². The molecule has 0 unspecified atom stereocenters. The average Bonchev–Trinajstić information content (AvgIpc) is 2.55. The number of anilines is 2. The van der Waals surface area contributed by atoms with Crippen molar-refractivity contribution in [3.05, 3.63) is 53.7 Å². The van der Waals surface area contributed by atoms with E-state index in [0.717, 1.165) is 37.2 Å². The number of carbonyl (C=O) groups is 1. The molecule has 0 aliphatic carbocycles. The third-order valence-electron chi connectivity index (χ3n) is 3.52. The van der Waals surface area contributed by atoms with Crippen LogP contribution in [0.15, 0.2) is 42.6 Å². The molecule has 0 aliphatic heterocycles. The molecule has 0 bridgehead atoms. The van der Waals surface area contributed by atoms with Gasteiger partial charge in [-0.05, 0) is 48.7 Å². The molecule has 4 nitrogen and oxygen atoms in total. The van der Waals surface area contributed by atoms with Crippen molar-refractivity contribution in [1.82, 2.24) is 4.98 Å². The quantitative estimate of drug-likeness (QED) is 0.785. The first kappa shape index (κ1) is 18.8. The fraction of sp³-hybridized carbons (Fsp3) is 0.333. The van der Waals surface area contributed by atoms with Crippen LogP contribution in [0, 0.1) is 5.92 Å². The highest BCUT2D eigenvalue weighted by Crippen LogP contribution is 2.29. The standard InChI is InChI=1S/C18H20F3N3O/c1-12(2)9-10-22-16-8-7-15(11-23-16)24-17(25)13-3-5-14(6-4-13)18(19,20)21/h3-8,11-12H,9-10H2,1-2H3,(H,22,23)(H,24,25). The van der Waals surface area contributed by atoms with Gasteiger partial charge in [0.25, 0.3) is 5.91 Å².